The standard InChI is InChI=1S/C17H17NO3S/c1-2-3-13-4-7-16(8-5-13)22(20,21)18-11-10-14-12-15(19)6-9-17(14)18/h4-12,19H,2-3H2,1H3. The summed E-state index contributed by atoms with van der Waals surface area (Å²) in [7, 11) is -3.63. The normalized spacial score (nSPS) is 11.9. The number of aromatic hydroxyl groups is 1. The van der Waals surface area contributed by atoms with Crippen LogP contribution in [0.2, 0.25) is 0 Å². The number of aryl methyl sites for hydroxylation is 1. The van der Waals surface area contributed by atoms with Crippen molar-refractivity contribution < 1.29 is 13.5 Å². The van der Waals surface area contributed by atoms with Gasteiger partial charge in [0.2, 0.25) is 0 Å². The third kappa shape index (κ3) is 2.48. The van der Waals surface area contributed by atoms with E-state index in [1.165, 1.54) is 16.2 Å². The van der Waals surface area contributed by atoms with Crippen molar-refractivity contribution in [1.29, 1.82) is 0 Å². The van der Waals surface area contributed by atoms with Crippen LogP contribution < -0.4 is 0 Å². The van der Waals surface area contributed by atoms with Crippen molar-refractivity contribution in [2.45, 2.75) is 24.7 Å². The third-order valence-electron chi connectivity index (χ3n) is 3.66. The van der Waals surface area contributed by atoms with Crippen molar-refractivity contribution >= 4 is 20.9 Å². The summed E-state index contributed by atoms with van der Waals surface area (Å²) >= 11 is 0. The molecule has 0 fully saturated rings. The van der Waals surface area contributed by atoms with E-state index >= 15 is 0 Å². The molecule has 0 bridgehead atoms. The average molecular weight is 315 g/mol. The largest absolute Gasteiger partial charge is 0.508 e. The number of benzene rings is 2. The molecule has 0 radical (unpaired) electrons. The summed E-state index contributed by atoms with van der Waals surface area (Å²) in [5, 5.41) is 10.2. The van der Waals surface area contributed by atoms with Crippen LogP contribution >= 0.6 is 0 Å². The van der Waals surface area contributed by atoms with Crippen molar-refractivity contribution in [1.82, 2.24) is 3.97 Å². The van der Waals surface area contributed by atoms with E-state index in [9.17, 15) is 13.5 Å². The van der Waals surface area contributed by atoms with Gasteiger partial charge >= 0.3 is 0 Å². The number of phenols is 1. The summed E-state index contributed by atoms with van der Waals surface area (Å²) < 4.78 is 26.8. The van der Waals surface area contributed by atoms with Crippen LogP contribution in [-0.2, 0) is 16.4 Å². The summed E-state index contributed by atoms with van der Waals surface area (Å²) in [6, 6.07) is 13.3. The number of rotatable bonds is 4. The third-order valence-corrected chi connectivity index (χ3v) is 5.36. The van der Waals surface area contributed by atoms with Crippen LogP contribution in [0.25, 0.3) is 10.9 Å². The number of aromatic nitrogens is 1. The monoisotopic (exact) mass is 315 g/mol. The van der Waals surface area contributed by atoms with Crippen molar-refractivity contribution in [3.05, 3.63) is 60.3 Å². The Balaban J connectivity index is 2.08. The molecule has 1 aromatic heterocycles. The van der Waals surface area contributed by atoms with Gasteiger partial charge in [-0.25, -0.2) is 12.4 Å². The van der Waals surface area contributed by atoms with Gasteiger partial charge in [0.15, 0.2) is 0 Å². The van der Waals surface area contributed by atoms with E-state index in [4.69, 9.17) is 0 Å². The van der Waals surface area contributed by atoms with Crippen LogP contribution in [-0.4, -0.2) is 17.5 Å². The van der Waals surface area contributed by atoms with Crippen LogP contribution in [0.3, 0.4) is 0 Å². The van der Waals surface area contributed by atoms with Gasteiger partial charge in [-0.3, -0.25) is 0 Å². The predicted molar refractivity (Wildman–Crippen MR) is 86.6 cm³/mol. The molecule has 0 saturated carbocycles. The zero-order chi connectivity index (χ0) is 15.7. The molecule has 3 rings (SSSR count). The molecule has 0 spiro atoms. The number of nitrogens with zero attached hydrogens (tertiary/aromatic N) is 1. The Hall–Kier alpha value is -2.27. The average Bonchev–Trinajstić information content (AvgIpc) is 2.92. The molecule has 0 atom stereocenters. The molecular formula is C17H17NO3S. The van der Waals surface area contributed by atoms with Gasteiger partial charge in [0.1, 0.15) is 5.75 Å². The lowest BCUT2D eigenvalue weighted by atomic mass is 10.1. The molecule has 4 nitrogen and oxygen atoms in total. The molecule has 114 valence electrons. The lowest BCUT2D eigenvalue weighted by molar-refractivity contribution is 0.476. The van der Waals surface area contributed by atoms with Crippen molar-refractivity contribution in [2.24, 2.45) is 0 Å². The number of fused-ring (bicyclic) bond motifs is 1. The van der Waals surface area contributed by atoms with E-state index in [-0.39, 0.29) is 10.6 Å². The summed E-state index contributed by atoms with van der Waals surface area (Å²) in [6.07, 6.45) is 3.48. The highest BCUT2D eigenvalue weighted by molar-refractivity contribution is 7.90. The maximum Gasteiger partial charge on any atom is 0.268 e. The fraction of sp³-hybridized carbons (Fsp3) is 0.176. The Kier molecular flexibility index (Phi) is 3.66. The molecular weight excluding hydrogens is 298 g/mol. The zero-order valence-electron chi connectivity index (χ0n) is 12.2. The number of phenolic OH excluding ortho intramolecular Hbond substituents is 1. The zero-order valence-corrected chi connectivity index (χ0v) is 13.0. The second-order valence-corrected chi connectivity index (χ2v) is 7.07. The first-order valence-corrected chi connectivity index (χ1v) is 8.61. The van der Waals surface area contributed by atoms with E-state index in [0.29, 0.717) is 10.9 Å². The quantitative estimate of drug-likeness (QED) is 0.801. The molecule has 0 saturated heterocycles. The minimum absolute atomic E-state index is 0.117. The maximum atomic E-state index is 12.8. The smallest absolute Gasteiger partial charge is 0.268 e. The molecule has 1 N–H and O–H groups in total. The van der Waals surface area contributed by atoms with E-state index in [1.807, 2.05) is 12.1 Å². The lowest BCUT2D eigenvalue weighted by Gasteiger charge is -2.08. The highest BCUT2D eigenvalue weighted by Crippen LogP contribution is 2.25. The molecule has 2 aromatic carbocycles. The molecule has 0 aliphatic heterocycles. The van der Waals surface area contributed by atoms with Gasteiger partial charge in [0.05, 0.1) is 10.4 Å². The molecule has 0 amide bonds. The van der Waals surface area contributed by atoms with Gasteiger partial charge in [-0.2, -0.15) is 0 Å². The van der Waals surface area contributed by atoms with Crippen LogP contribution in [0, 0.1) is 0 Å². The van der Waals surface area contributed by atoms with E-state index in [1.54, 1.807) is 30.3 Å². The van der Waals surface area contributed by atoms with Gasteiger partial charge in [0, 0.05) is 11.6 Å². The first-order valence-electron chi connectivity index (χ1n) is 7.17. The fourth-order valence-corrected chi connectivity index (χ4v) is 3.90. The Morgan fingerprint density at radius 1 is 1.05 bits per heavy atom. The highest BCUT2D eigenvalue weighted by Gasteiger charge is 2.18. The molecule has 3 aromatic rings. The number of hydrogen-bond acceptors (Lipinski definition) is 3. The topological polar surface area (TPSA) is 59.3 Å². The minimum Gasteiger partial charge on any atom is -0.508 e. The van der Waals surface area contributed by atoms with Crippen LogP contribution in [0.5, 0.6) is 5.75 Å². The second kappa shape index (κ2) is 5.50. The van der Waals surface area contributed by atoms with Crippen molar-refractivity contribution in [3.63, 3.8) is 0 Å². The fourth-order valence-electron chi connectivity index (χ4n) is 2.54. The Bertz CT molecular complexity index is 909. The Morgan fingerprint density at radius 2 is 1.77 bits per heavy atom. The summed E-state index contributed by atoms with van der Waals surface area (Å²) in [5.74, 6) is 0.117. The van der Waals surface area contributed by atoms with Crippen molar-refractivity contribution in [2.75, 3.05) is 0 Å². The second-order valence-electron chi connectivity index (χ2n) is 5.25. The molecule has 5 heteroatoms. The molecule has 0 aliphatic carbocycles. The summed E-state index contributed by atoms with van der Waals surface area (Å²) in [4.78, 5) is 0.262. The van der Waals surface area contributed by atoms with Gasteiger partial charge < -0.3 is 5.11 Å². The van der Waals surface area contributed by atoms with Crippen LogP contribution in [0.1, 0.15) is 18.9 Å². The van der Waals surface area contributed by atoms with Crippen LogP contribution in [0.15, 0.2) is 59.6 Å². The number of hydrogen-bond donors (Lipinski definition) is 1. The lowest BCUT2D eigenvalue weighted by Crippen LogP contribution is -2.11. The highest BCUT2D eigenvalue weighted by atomic mass is 32.2. The van der Waals surface area contributed by atoms with Gasteiger partial charge in [-0.15, -0.1) is 0 Å². The predicted octanol–water partition coefficient (Wildman–Crippen LogP) is 3.54. The van der Waals surface area contributed by atoms with E-state index < -0.39 is 10.0 Å². The molecule has 0 aliphatic rings. The minimum atomic E-state index is -3.63. The SMILES string of the molecule is CCCc1ccc(S(=O)(=O)n2ccc3cc(O)ccc32)cc1. The van der Waals surface area contributed by atoms with Gasteiger partial charge in [-0.1, -0.05) is 25.5 Å². The Morgan fingerprint density at radius 3 is 2.45 bits per heavy atom. The first-order chi connectivity index (χ1) is 10.5. The summed E-state index contributed by atoms with van der Waals surface area (Å²) in [6.45, 7) is 2.09. The van der Waals surface area contributed by atoms with E-state index in [2.05, 4.69) is 6.92 Å². The Labute approximate surface area is 129 Å². The molecule has 22 heavy (non-hydrogen) atoms. The summed E-state index contributed by atoms with van der Waals surface area (Å²) in [5.41, 5.74) is 1.68. The molecule has 0 unspecified atom stereocenters. The van der Waals surface area contributed by atoms with E-state index in [0.717, 1.165) is 18.4 Å². The van der Waals surface area contributed by atoms with Gasteiger partial charge in [0.25, 0.3) is 10.0 Å². The van der Waals surface area contributed by atoms with Gasteiger partial charge in [-0.05, 0) is 48.4 Å². The van der Waals surface area contributed by atoms with Crippen LogP contribution in [0.4, 0.5) is 0 Å². The maximum absolute atomic E-state index is 12.8. The van der Waals surface area contributed by atoms with Crippen molar-refractivity contribution in [3.8, 4) is 5.75 Å². The molecule has 1 heterocycles. The first kappa shape index (κ1) is 14.7.